The molecule has 2 heterocycles. The van der Waals surface area contributed by atoms with Crippen LogP contribution in [0.5, 0.6) is 11.5 Å². The van der Waals surface area contributed by atoms with Crippen molar-refractivity contribution in [2.24, 2.45) is 34.0 Å². The van der Waals surface area contributed by atoms with Crippen LogP contribution in [0.25, 0.3) is 0 Å². The third-order valence-corrected chi connectivity index (χ3v) is 13.0. The number of nitrogens with two attached hydrogens (primary N) is 3. The molecule has 3 aromatic rings. The number of benzene rings is 3. The first-order chi connectivity index (χ1) is 33.3. The molecule has 1 saturated heterocycles. The first-order valence-electron chi connectivity index (χ1n) is 23.8. The van der Waals surface area contributed by atoms with Gasteiger partial charge in [-0.3, -0.25) is 33.8 Å². The largest absolute Gasteiger partial charge is 0.508 e. The average molecular weight is 969 g/mol. The number of fused-ring (bicyclic) bond motifs is 1. The molecule has 13 N–H and O–H groups in total. The maximum atomic E-state index is 15.2. The Kier molecular flexibility index (Phi) is 19.1. The molecule has 0 saturated carbocycles. The number of carbonyl (C=O) groups excluding carboxylic acids is 6. The molecule has 0 aliphatic carbocycles. The van der Waals surface area contributed by atoms with Gasteiger partial charge in [-0.15, -0.1) is 0 Å². The fourth-order valence-corrected chi connectivity index (χ4v) is 8.73. The number of hydrogen-bond acceptors (Lipinski definition) is 11. The molecule has 2 aliphatic rings. The quantitative estimate of drug-likeness (QED) is 0.0381. The van der Waals surface area contributed by atoms with Crippen LogP contribution in [0.15, 0.2) is 77.8 Å². The maximum Gasteiger partial charge on any atom is 0.326 e. The first-order valence-corrected chi connectivity index (χ1v) is 23.8. The van der Waals surface area contributed by atoms with E-state index >= 15 is 4.79 Å². The number of phenolic OH excluding ortho intramolecular Hbond substituents is 2. The number of carbonyl (C=O) groups is 7. The van der Waals surface area contributed by atoms with E-state index in [1.807, 2.05) is 6.92 Å². The minimum atomic E-state index is -1.31. The van der Waals surface area contributed by atoms with Crippen LogP contribution in [0.1, 0.15) is 82.1 Å². The first kappa shape index (κ1) is 53.7. The number of carboxylic acids is 1. The number of hydrogen-bond donors (Lipinski definition) is 10. The highest BCUT2D eigenvalue weighted by Gasteiger charge is 2.45. The molecule has 1 fully saturated rings. The van der Waals surface area contributed by atoms with E-state index in [1.165, 1.54) is 34.1 Å². The van der Waals surface area contributed by atoms with Crippen LogP contribution < -0.4 is 38.5 Å². The fraction of sp³-hybridized carbons (Fsp3) is 0.480. The number of phenols is 2. The summed E-state index contributed by atoms with van der Waals surface area (Å²) in [4.78, 5) is 105. The Morgan fingerprint density at radius 3 is 2.03 bits per heavy atom. The summed E-state index contributed by atoms with van der Waals surface area (Å²) in [7, 11) is 0. The molecule has 70 heavy (non-hydrogen) atoms. The second-order valence-electron chi connectivity index (χ2n) is 18.5. The lowest BCUT2D eigenvalue weighted by Gasteiger charge is -2.41. The summed E-state index contributed by atoms with van der Waals surface area (Å²) in [5.74, 6) is -6.23. The highest BCUT2D eigenvalue weighted by atomic mass is 16.4. The molecular weight excluding hydrogens is 901 g/mol. The third-order valence-electron chi connectivity index (χ3n) is 13.0. The van der Waals surface area contributed by atoms with Crippen molar-refractivity contribution < 1.29 is 48.9 Å². The van der Waals surface area contributed by atoms with E-state index in [2.05, 4.69) is 26.3 Å². The molecule has 20 nitrogen and oxygen atoms in total. The number of rotatable bonds is 22. The van der Waals surface area contributed by atoms with Crippen LogP contribution in [0.4, 0.5) is 0 Å². The summed E-state index contributed by atoms with van der Waals surface area (Å²) in [5, 5.41) is 41.5. The van der Waals surface area contributed by atoms with E-state index in [4.69, 9.17) is 17.2 Å². The Labute approximate surface area is 407 Å². The monoisotopic (exact) mass is 969 g/mol. The summed E-state index contributed by atoms with van der Waals surface area (Å²) in [6.45, 7) is 7.36. The van der Waals surface area contributed by atoms with E-state index in [0.717, 1.165) is 0 Å². The van der Waals surface area contributed by atoms with Crippen molar-refractivity contribution in [1.82, 2.24) is 31.1 Å². The molecule has 0 bridgehead atoms. The van der Waals surface area contributed by atoms with Gasteiger partial charge < -0.3 is 63.6 Å². The zero-order chi connectivity index (χ0) is 51.2. The Hall–Kier alpha value is -7.22. The van der Waals surface area contributed by atoms with E-state index in [1.54, 1.807) is 69.3 Å². The van der Waals surface area contributed by atoms with E-state index < -0.39 is 95.5 Å². The summed E-state index contributed by atoms with van der Waals surface area (Å²) in [6.07, 6.45) is 1.61. The predicted octanol–water partition coefficient (Wildman–Crippen LogP) is 0.934. The molecule has 8 atom stereocenters. The lowest BCUT2D eigenvalue weighted by Crippen LogP contribution is -2.63. The van der Waals surface area contributed by atoms with Gasteiger partial charge in [-0.05, 0) is 84.0 Å². The average Bonchev–Trinajstić information content (AvgIpc) is 3.83. The van der Waals surface area contributed by atoms with Crippen LogP contribution in [-0.2, 0) is 59.4 Å². The number of guanidine groups is 1. The smallest absolute Gasteiger partial charge is 0.326 e. The van der Waals surface area contributed by atoms with E-state index in [9.17, 15) is 44.1 Å². The molecular formula is C50H68N10O10. The molecule has 5 rings (SSSR count). The van der Waals surface area contributed by atoms with Gasteiger partial charge in [0.25, 0.3) is 0 Å². The Bertz CT molecular complexity index is 2360. The van der Waals surface area contributed by atoms with Gasteiger partial charge in [0, 0.05) is 38.9 Å². The van der Waals surface area contributed by atoms with Crippen molar-refractivity contribution in [2.45, 2.75) is 128 Å². The van der Waals surface area contributed by atoms with Gasteiger partial charge in [0.2, 0.25) is 35.4 Å². The molecule has 0 radical (unpaired) electrons. The Morgan fingerprint density at radius 2 is 1.39 bits per heavy atom. The van der Waals surface area contributed by atoms with Gasteiger partial charge in [0.05, 0.1) is 6.04 Å². The number of likely N-dealkylation sites (tertiary alicyclic amines) is 1. The molecule has 0 spiro atoms. The topological polar surface area (TPSA) is 325 Å². The lowest BCUT2D eigenvalue weighted by atomic mass is 9.90. The number of aromatic hydroxyl groups is 2. The summed E-state index contributed by atoms with van der Waals surface area (Å²) in [5.41, 5.74) is 19.4. The summed E-state index contributed by atoms with van der Waals surface area (Å²) >= 11 is 0. The van der Waals surface area contributed by atoms with Crippen molar-refractivity contribution in [3.8, 4) is 11.5 Å². The van der Waals surface area contributed by atoms with E-state index in [0.29, 0.717) is 41.5 Å². The molecule has 6 amide bonds. The molecule has 3 aromatic carbocycles. The normalized spacial score (nSPS) is 18.0. The molecule has 20 heteroatoms. The Morgan fingerprint density at radius 1 is 0.743 bits per heavy atom. The van der Waals surface area contributed by atoms with Crippen molar-refractivity contribution >= 4 is 47.4 Å². The standard InChI is InChI=1S/C50H68N10O10/c1-5-29(4)42(58-44(64)37(23-31-15-18-34(61)19-16-31)55-46(66)41(28(2)3)57-43(63)36(51)13-9-21-54-50(52)53)48(68)60-27-32-17-20-35(62)25-33(32)26-40(60)47(67)59-22-10-14-39(59)45(65)56-38(49(69)70)24-30-11-7-6-8-12-30/h6-8,11-12,15-20,25,28-29,36-42,61-62H,5,9-10,13-14,21-24,26-27,51H2,1-4H3,(H,55,66)(H,56,65)(H,57,63)(H,58,64)(H,69,70)(H4,52,53,54)/t29-,36-,37-,38-,39-,40-,41-,42-/m0/s1. The minimum absolute atomic E-state index is 0.0171. The van der Waals surface area contributed by atoms with Crippen LogP contribution >= 0.6 is 0 Å². The zero-order valence-electron chi connectivity index (χ0n) is 40.2. The number of nitrogens with one attached hydrogen (secondary N) is 4. The van der Waals surface area contributed by atoms with Crippen molar-refractivity contribution in [2.75, 3.05) is 13.1 Å². The van der Waals surface area contributed by atoms with Crippen LogP contribution in [-0.4, -0.2) is 128 Å². The van der Waals surface area contributed by atoms with Crippen LogP contribution in [0, 0.1) is 11.8 Å². The van der Waals surface area contributed by atoms with E-state index in [-0.39, 0.29) is 69.2 Å². The second kappa shape index (κ2) is 24.9. The molecule has 378 valence electrons. The molecule has 2 aliphatic heterocycles. The minimum Gasteiger partial charge on any atom is -0.508 e. The number of aliphatic carboxylic acids is 1. The second-order valence-corrected chi connectivity index (χ2v) is 18.5. The molecule has 0 unspecified atom stereocenters. The number of nitrogens with zero attached hydrogens (tertiary/aromatic N) is 3. The SMILES string of the molecule is CC[C@H](C)[C@H](NC(=O)[C@H](Cc1ccc(O)cc1)NC(=O)[C@@H](NC(=O)[C@@H](N)CCCN=C(N)N)C(C)C)C(=O)N1Cc2ccc(O)cc2C[C@H]1C(=O)N1CCC[C@H]1C(=O)N[C@@H](Cc1ccccc1)C(=O)O. The van der Waals surface area contributed by atoms with Gasteiger partial charge in [-0.25, -0.2) is 4.79 Å². The van der Waals surface area contributed by atoms with Crippen molar-refractivity contribution in [3.05, 3.63) is 95.1 Å². The highest BCUT2D eigenvalue weighted by Crippen LogP contribution is 2.31. The Balaban J connectivity index is 1.41. The molecule has 0 aromatic heterocycles. The van der Waals surface area contributed by atoms with Gasteiger partial charge >= 0.3 is 5.97 Å². The van der Waals surface area contributed by atoms with Crippen molar-refractivity contribution in [3.63, 3.8) is 0 Å². The fourth-order valence-electron chi connectivity index (χ4n) is 8.73. The van der Waals surface area contributed by atoms with Crippen molar-refractivity contribution in [1.29, 1.82) is 0 Å². The zero-order valence-corrected chi connectivity index (χ0v) is 40.2. The van der Waals surface area contributed by atoms with Gasteiger partial charge in [0.15, 0.2) is 5.96 Å². The lowest BCUT2D eigenvalue weighted by molar-refractivity contribution is -0.152. The number of amides is 6. The van der Waals surface area contributed by atoms with Gasteiger partial charge in [0.1, 0.15) is 47.8 Å². The number of aliphatic imine (C=N–C) groups is 1. The predicted molar refractivity (Wildman–Crippen MR) is 260 cm³/mol. The van der Waals surface area contributed by atoms with Gasteiger partial charge in [-0.1, -0.05) is 82.6 Å². The number of carboxylic acid groups (broad SMARTS) is 1. The maximum absolute atomic E-state index is 15.2. The van der Waals surface area contributed by atoms with Crippen LogP contribution in [0.2, 0.25) is 0 Å². The third kappa shape index (κ3) is 14.4. The van der Waals surface area contributed by atoms with Crippen LogP contribution in [0.3, 0.4) is 0 Å². The van der Waals surface area contributed by atoms with Gasteiger partial charge in [-0.2, -0.15) is 0 Å². The summed E-state index contributed by atoms with van der Waals surface area (Å²) < 4.78 is 0. The highest BCUT2D eigenvalue weighted by molar-refractivity contribution is 5.98. The summed E-state index contributed by atoms with van der Waals surface area (Å²) in [6, 6.07) is 11.3.